The second-order valence-electron chi connectivity index (χ2n) is 8.19. The van der Waals surface area contributed by atoms with E-state index in [0.29, 0.717) is 6.10 Å². The van der Waals surface area contributed by atoms with Crippen molar-refractivity contribution in [2.24, 2.45) is 0 Å². The van der Waals surface area contributed by atoms with E-state index in [-0.39, 0.29) is 18.3 Å². The Kier molecular flexibility index (Phi) is 4.82. The number of hydrogen-bond acceptors (Lipinski definition) is 4. The zero-order chi connectivity index (χ0) is 17.5. The molecule has 1 unspecified atom stereocenters. The first-order valence-corrected chi connectivity index (χ1v) is 8.97. The Morgan fingerprint density at radius 3 is 2.46 bits per heavy atom. The summed E-state index contributed by atoms with van der Waals surface area (Å²) in [6.45, 7) is 16.4. The molecule has 1 atom stereocenters. The molecular formula is C19H30BNO3. The fraction of sp³-hybridized carbons (Fsp3) is 0.684. The lowest BCUT2D eigenvalue weighted by Crippen LogP contribution is -2.41. The summed E-state index contributed by atoms with van der Waals surface area (Å²) in [6.07, 6.45) is 0.310. The molecule has 4 nitrogen and oxygen atoms in total. The van der Waals surface area contributed by atoms with Crippen molar-refractivity contribution in [2.75, 3.05) is 19.7 Å². The molecule has 2 fully saturated rings. The molecule has 2 saturated heterocycles. The van der Waals surface area contributed by atoms with Crippen LogP contribution in [0.3, 0.4) is 0 Å². The van der Waals surface area contributed by atoms with Gasteiger partial charge >= 0.3 is 7.12 Å². The number of nitrogens with zero attached hydrogens (tertiary/aromatic N) is 1. The maximum atomic E-state index is 6.20. The summed E-state index contributed by atoms with van der Waals surface area (Å²) in [4.78, 5) is 2.46. The minimum atomic E-state index is -0.303. The van der Waals surface area contributed by atoms with Crippen LogP contribution in [0.4, 0.5) is 0 Å². The molecular weight excluding hydrogens is 301 g/mol. The number of benzene rings is 1. The third-order valence-corrected chi connectivity index (χ3v) is 5.62. The highest BCUT2D eigenvalue weighted by molar-refractivity contribution is 6.62. The Bertz CT molecular complexity index is 586. The molecule has 0 saturated carbocycles. The van der Waals surface area contributed by atoms with Crippen LogP contribution in [0.5, 0.6) is 0 Å². The highest BCUT2D eigenvalue weighted by atomic mass is 16.7. The predicted molar refractivity (Wildman–Crippen MR) is 97.6 cm³/mol. The monoisotopic (exact) mass is 331 g/mol. The highest BCUT2D eigenvalue weighted by Gasteiger charge is 2.51. The van der Waals surface area contributed by atoms with E-state index >= 15 is 0 Å². The van der Waals surface area contributed by atoms with Crippen LogP contribution >= 0.6 is 0 Å². The molecule has 2 aliphatic rings. The van der Waals surface area contributed by atoms with Crippen LogP contribution in [0.15, 0.2) is 18.2 Å². The van der Waals surface area contributed by atoms with Gasteiger partial charge in [0.05, 0.1) is 23.9 Å². The molecule has 0 spiro atoms. The fourth-order valence-electron chi connectivity index (χ4n) is 3.26. The van der Waals surface area contributed by atoms with Crippen molar-refractivity contribution in [3.63, 3.8) is 0 Å². The summed E-state index contributed by atoms with van der Waals surface area (Å²) in [5, 5.41) is 0. The van der Waals surface area contributed by atoms with Gasteiger partial charge in [0, 0.05) is 19.6 Å². The van der Waals surface area contributed by atoms with Gasteiger partial charge in [-0.05, 0) is 58.1 Å². The van der Waals surface area contributed by atoms with Crippen LogP contribution in [0.1, 0.15) is 45.7 Å². The van der Waals surface area contributed by atoms with E-state index in [0.717, 1.165) is 31.7 Å². The molecule has 0 N–H and O–H groups in total. The molecule has 0 amide bonds. The van der Waals surface area contributed by atoms with E-state index in [1.165, 1.54) is 11.1 Å². The number of hydrogen-bond donors (Lipinski definition) is 0. The molecule has 0 radical (unpaired) electrons. The zero-order valence-corrected chi connectivity index (χ0v) is 15.9. The molecule has 0 bridgehead atoms. The van der Waals surface area contributed by atoms with Crippen molar-refractivity contribution in [3.05, 3.63) is 29.3 Å². The van der Waals surface area contributed by atoms with Gasteiger partial charge in [0.15, 0.2) is 0 Å². The molecule has 0 aromatic heterocycles. The zero-order valence-electron chi connectivity index (χ0n) is 15.9. The second kappa shape index (κ2) is 6.45. The summed E-state index contributed by atoms with van der Waals surface area (Å²) >= 11 is 0. The van der Waals surface area contributed by atoms with Crippen LogP contribution in [-0.4, -0.2) is 49.0 Å². The van der Waals surface area contributed by atoms with Gasteiger partial charge in [0.25, 0.3) is 0 Å². The molecule has 2 heterocycles. The SMILES string of the molecule is Cc1ccc(B2OC(C)(C)C(C)(C)O2)cc1CN1CCOC(C)C1. The Balaban J connectivity index is 1.77. The number of rotatable bonds is 3. The van der Waals surface area contributed by atoms with Gasteiger partial charge < -0.3 is 14.0 Å². The summed E-state index contributed by atoms with van der Waals surface area (Å²) in [5.41, 5.74) is 3.16. The minimum absolute atomic E-state index is 0.294. The van der Waals surface area contributed by atoms with E-state index in [4.69, 9.17) is 14.0 Å². The predicted octanol–water partition coefficient (Wildman–Crippen LogP) is 2.51. The van der Waals surface area contributed by atoms with E-state index in [1.54, 1.807) is 0 Å². The van der Waals surface area contributed by atoms with Gasteiger partial charge in [-0.3, -0.25) is 4.90 Å². The maximum Gasteiger partial charge on any atom is 0.494 e. The molecule has 5 heteroatoms. The van der Waals surface area contributed by atoms with Gasteiger partial charge in [0.1, 0.15) is 0 Å². The Hall–Kier alpha value is -0.875. The Morgan fingerprint density at radius 2 is 1.83 bits per heavy atom. The van der Waals surface area contributed by atoms with Crippen molar-refractivity contribution < 1.29 is 14.0 Å². The van der Waals surface area contributed by atoms with Crippen molar-refractivity contribution in [3.8, 4) is 0 Å². The van der Waals surface area contributed by atoms with Crippen LogP contribution in [0, 0.1) is 6.92 Å². The average molecular weight is 331 g/mol. The molecule has 1 aromatic carbocycles. The molecule has 24 heavy (non-hydrogen) atoms. The minimum Gasteiger partial charge on any atom is -0.399 e. The average Bonchev–Trinajstić information content (AvgIpc) is 2.70. The lowest BCUT2D eigenvalue weighted by Gasteiger charge is -2.32. The smallest absolute Gasteiger partial charge is 0.399 e. The van der Waals surface area contributed by atoms with Crippen molar-refractivity contribution in [1.82, 2.24) is 4.90 Å². The molecule has 0 aliphatic carbocycles. The summed E-state index contributed by atoms with van der Waals surface area (Å²) < 4.78 is 18.0. The van der Waals surface area contributed by atoms with Gasteiger partial charge in [-0.25, -0.2) is 0 Å². The molecule has 2 aliphatic heterocycles. The normalized spacial score (nSPS) is 26.8. The van der Waals surface area contributed by atoms with Crippen LogP contribution < -0.4 is 5.46 Å². The van der Waals surface area contributed by atoms with Crippen molar-refractivity contribution >= 4 is 12.6 Å². The molecule has 3 rings (SSSR count). The van der Waals surface area contributed by atoms with Gasteiger partial charge in [-0.1, -0.05) is 18.2 Å². The lowest BCUT2D eigenvalue weighted by molar-refractivity contribution is -0.0212. The number of ether oxygens (including phenoxy) is 1. The number of aryl methyl sites for hydroxylation is 1. The molecule has 1 aromatic rings. The third kappa shape index (κ3) is 3.55. The highest BCUT2D eigenvalue weighted by Crippen LogP contribution is 2.36. The van der Waals surface area contributed by atoms with Gasteiger partial charge in [-0.15, -0.1) is 0 Å². The maximum absolute atomic E-state index is 6.20. The quantitative estimate of drug-likeness (QED) is 0.797. The number of morpholine rings is 1. The van der Waals surface area contributed by atoms with Crippen LogP contribution in [-0.2, 0) is 20.6 Å². The van der Waals surface area contributed by atoms with E-state index < -0.39 is 0 Å². The fourth-order valence-corrected chi connectivity index (χ4v) is 3.26. The topological polar surface area (TPSA) is 30.9 Å². The van der Waals surface area contributed by atoms with Gasteiger partial charge in [-0.2, -0.15) is 0 Å². The first kappa shape index (κ1) is 17.9. The third-order valence-electron chi connectivity index (χ3n) is 5.62. The summed E-state index contributed by atoms with van der Waals surface area (Å²) in [6, 6.07) is 6.56. The first-order valence-electron chi connectivity index (χ1n) is 8.97. The van der Waals surface area contributed by atoms with E-state index in [9.17, 15) is 0 Å². The standard InChI is InChI=1S/C19H30BNO3/c1-14-7-8-17(20-23-18(3,4)19(5,6)24-20)11-16(14)13-21-9-10-22-15(2)12-21/h7-8,11,15H,9-10,12-13H2,1-6H3. The first-order chi connectivity index (χ1) is 11.2. The van der Waals surface area contributed by atoms with Crippen LogP contribution in [0.25, 0.3) is 0 Å². The largest absolute Gasteiger partial charge is 0.494 e. The van der Waals surface area contributed by atoms with E-state index in [2.05, 4.69) is 64.6 Å². The Labute approximate surface area is 146 Å². The second-order valence-corrected chi connectivity index (χ2v) is 8.19. The van der Waals surface area contributed by atoms with Crippen molar-refractivity contribution in [2.45, 2.75) is 65.4 Å². The Morgan fingerprint density at radius 1 is 1.17 bits per heavy atom. The summed E-state index contributed by atoms with van der Waals surface area (Å²) in [5.74, 6) is 0. The van der Waals surface area contributed by atoms with Crippen molar-refractivity contribution in [1.29, 1.82) is 0 Å². The lowest BCUT2D eigenvalue weighted by atomic mass is 9.77. The van der Waals surface area contributed by atoms with Crippen LogP contribution in [0.2, 0.25) is 0 Å². The van der Waals surface area contributed by atoms with E-state index in [1.807, 2.05) is 0 Å². The van der Waals surface area contributed by atoms with Gasteiger partial charge in [0.2, 0.25) is 0 Å². The molecule has 132 valence electrons. The summed E-state index contributed by atoms with van der Waals surface area (Å²) in [7, 11) is -0.294.